The summed E-state index contributed by atoms with van der Waals surface area (Å²) in [7, 11) is 2.07. The van der Waals surface area contributed by atoms with Gasteiger partial charge in [0.15, 0.2) is 0 Å². The topological polar surface area (TPSA) is 12.0 Å². The van der Waals surface area contributed by atoms with E-state index in [0.29, 0.717) is 0 Å². The van der Waals surface area contributed by atoms with E-state index < -0.39 is 0 Å². The molecule has 1 aliphatic carbocycles. The Balaban J connectivity index is 2.48. The average Bonchev–Trinajstić information content (AvgIpc) is 2.16. The summed E-state index contributed by atoms with van der Waals surface area (Å²) >= 11 is 0. The van der Waals surface area contributed by atoms with Crippen molar-refractivity contribution in [1.29, 1.82) is 0 Å². The van der Waals surface area contributed by atoms with Crippen LogP contribution in [0.3, 0.4) is 0 Å². The molecule has 0 fully saturated rings. The molecule has 0 radical (unpaired) electrons. The van der Waals surface area contributed by atoms with Crippen LogP contribution < -0.4 is 5.32 Å². The fraction of sp³-hybridized carbons (Fsp3) is 0.571. The third kappa shape index (κ3) is 1.81. The molecule has 0 heterocycles. The van der Waals surface area contributed by atoms with Crippen molar-refractivity contribution in [3.63, 3.8) is 0 Å². The number of rotatable bonds is 1. The minimum absolute atomic E-state index is 0.248. The van der Waals surface area contributed by atoms with Crippen LogP contribution in [0, 0.1) is 0 Å². The first-order valence-electron chi connectivity index (χ1n) is 5.74. The minimum atomic E-state index is 0.248. The summed E-state index contributed by atoms with van der Waals surface area (Å²) in [6.45, 7) is 7.02. The summed E-state index contributed by atoms with van der Waals surface area (Å²) in [4.78, 5) is 0. The lowest BCUT2D eigenvalue weighted by molar-refractivity contribution is 0.256. The number of hydrogen-bond donors (Lipinski definition) is 1. The predicted molar refractivity (Wildman–Crippen MR) is 65.3 cm³/mol. The first-order valence-corrected chi connectivity index (χ1v) is 5.74. The highest BCUT2D eigenvalue weighted by molar-refractivity contribution is 5.38. The maximum atomic E-state index is 3.48. The lowest BCUT2D eigenvalue weighted by atomic mass is 9.65. The molecular formula is C14H21N. The molecule has 0 aromatic heterocycles. The van der Waals surface area contributed by atoms with E-state index in [2.05, 4.69) is 57.4 Å². The normalized spacial score (nSPS) is 28.5. The molecule has 0 saturated carbocycles. The summed E-state index contributed by atoms with van der Waals surface area (Å²) < 4.78 is 0. The second-order valence-corrected chi connectivity index (χ2v) is 5.71. The van der Waals surface area contributed by atoms with Crippen LogP contribution in [-0.2, 0) is 11.8 Å². The van der Waals surface area contributed by atoms with E-state index in [4.69, 9.17) is 0 Å². The average molecular weight is 203 g/mol. The lowest BCUT2D eigenvalue weighted by Gasteiger charge is -2.44. The van der Waals surface area contributed by atoms with Crippen LogP contribution in [0.5, 0.6) is 0 Å². The van der Waals surface area contributed by atoms with Gasteiger partial charge in [0.25, 0.3) is 0 Å². The van der Waals surface area contributed by atoms with Crippen molar-refractivity contribution >= 4 is 0 Å². The van der Waals surface area contributed by atoms with E-state index in [1.807, 2.05) is 0 Å². The van der Waals surface area contributed by atoms with Crippen LogP contribution in [0.4, 0.5) is 0 Å². The molecule has 1 aromatic carbocycles. The number of likely N-dealkylation sites (N-methyl/N-ethyl adjacent to an activating group) is 1. The molecule has 2 rings (SSSR count). The summed E-state index contributed by atoms with van der Waals surface area (Å²) in [5.74, 6) is 0. The van der Waals surface area contributed by atoms with Gasteiger partial charge in [-0.2, -0.15) is 0 Å². The van der Waals surface area contributed by atoms with Crippen molar-refractivity contribution < 1.29 is 0 Å². The Hall–Kier alpha value is -0.820. The highest BCUT2D eigenvalue weighted by Gasteiger charge is 2.38. The van der Waals surface area contributed by atoms with Crippen molar-refractivity contribution in [2.75, 3.05) is 7.05 Å². The molecular weight excluding hydrogens is 182 g/mol. The van der Waals surface area contributed by atoms with Crippen LogP contribution >= 0.6 is 0 Å². The maximum Gasteiger partial charge on any atom is 0.0199 e. The van der Waals surface area contributed by atoms with Crippen LogP contribution in [0.25, 0.3) is 0 Å². The van der Waals surface area contributed by atoms with Gasteiger partial charge in [0.05, 0.1) is 0 Å². The Morgan fingerprint density at radius 3 is 2.47 bits per heavy atom. The van der Waals surface area contributed by atoms with Gasteiger partial charge in [0.1, 0.15) is 0 Å². The number of fused-ring (bicyclic) bond motifs is 1. The molecule has 15 heavy (non-hydrogen) atoms. The molecule has 0 saturated heterocycles. The van der Waals surface area contributed by atoms with Gasteiger partial charge in [-0.3, -0.25) is 0 Å². The quantitative estimate of drug-likeness (QED) is 0.740. The number of nitrogens with one attached hydrogen (secondary N) is 1. The van der Waals surface area contributed by atoms with E-state index in [0.717, 1.165) is 6.42 Å². The van der Waals surface area contributed by atoms with Crippen molar-refractivity contribution in [2.24, 2.45) is 0 Å². The van der Waals surface area contributed by atoms with Crippen molar-refractivity contribution in [1.82, 2.24) is 5.32 Å². The van der Waals surface area contributed by atoms with E-state index >= 15 is 0 Å². The zero-order valence-corrected chi connectivity index (χ0v) is 10.2. The maximum absolute atomic E-state index is 3.48. The molecule has 1 heteroatoms. The first kappa shape index (κ1) is 10.7. The van der Waals surface area contributed by atoms with Gasteiger partial charge in [0.2, 0.25) is 0 Å². The molecule has 82 valence electrons. The molecule has 0 amide bonds. The predicted octanol–water partition coefficient (Wildman–Crippen LogP) is 2.89. The fourth-order valence-electron chi connectivity index (χ4n) is 3.06. The molecule has 1 aliphatic rings. The van der Waals surface area contributed by atoms with Crippen molar-refractivity contribution in [2.45, 2.75) is 44.6 Å². The Labute approximate surface area is 92.9 Å². The van der Waals surface area contributed by atoms with Crippen LogP contribution in [0.2, 0.25) is 0 Å². The summed E-state index contributed by atoms with van der Waals surface area (Å²) in [5, 5.41) is 3.48. The molecule has 0 bridgehead atoms. The zero-order valence-electron chi connectivity index (χ0n) is 10.2. The summed E-state index contributed by atoms with van der Waals surface area (Å²) in [5.41, 5.74) is 3.56. The van der Waals surface area contributed by atoms with Crippen LogP contribution in [0.1, 0.15) is 38.3 Å². The zero-order chi connectivity index (χ0) is 11.1. The van der Waals surface area contributed by atoms with Gasteiger partial charge in [-0.1, -0.05) is 38.1 Å². The third-order valence-electron chi connectivity index (χ3n) is 3.76. The third-order valence-corrected chi connectivity index (χ3v) is 3.76. The molecule has 0 aliphatic heterocycles. The van der Waals surface area contributed by atoms with Gasteiger partial charge in [-0.05, 0) is 43.4 Å². The van der Waals surface area contributed by atoms with Gasteiger partial charge in [0, 0.05) is 5.54 Å². The van der Waals surface area contributed by atoms with Gasteiger partial charge in [-0.25, -0.2) is 0 Å². The molecule has 1 unspecified atom stereocenters. The first-order chi connectivity index (χ1) is 6.97. The smallest absolute Gasteiger partial charge is 0.0199 e. The van der Waals surface area contributed by atoms with E-state index in [1.165, 1.54) is 17.5 Å². The fourth-order valence-corrected chi connectivity index (χ4v) is 3.06. The monoisotopic (exact) mass is 203 g/mol. The largest absolute Gasteiger partial charge is 0.314 e. The number of hydrogen-bond acceptors (Lipinski definition) is 1. The Kier molecular flexibility index (Phi) is 2.38. The Morgan fingerprint density at radius 1 is 1.13 bits per heavy atom. The molecule has 1 N–H and O–H groups in total. The van der Waals surface area contributed by atoms with E-state index in [-0.39, 0.29) is 11.0 Å². The van der Waals surface area contributed by atoms with Crippen molar-refractivity contribution in [3.05, 3.63) is 35.4 Å². The second-order valence-electron chi connectivity index (χ2n) is 5.71. The summed E-state index contributed by atoms with van der Waals surface area (Å²) in [6, 6.07) is 8.86. The van der Waals surface area contributed by atoms with Crippen LogP contribution in [0.15, 0.2) is 24.3 Å². The highest BCUT2D eigenvalue weighted by atomic mass is 14.9. The molecule has 0 spiro atoms. The van der Waals surface area contributed by atoms with Crippen molar-refractivity contribution in [3.8, 4) is 0 Å². The summed E-state index contributed by atoms with van der Waals surface area (Å²) in [6.07, 6.45) is 2.34. The molecule has 1 aromatic rings. The van der Waals surface area contributed by atoms with Gasteiger partial charge in [-0.15, -0.1) is 0 Å². The van der Waals surface area contributed by atoms with Gasteiger partial charge >= 0.3 is 0 Å². The van der Waals surface area contributed by atoms with E-state index in [1.54, 1.807) is 0 Å². The minimum Gasteiger partial charge on any atom is -0.314 e. The Bertz CT molecular complexity index is 367. The highest BCUT2D eigenvalue weighted by Crippen LogP contribution is 2.40. The second kappa shape index (κ2) is 3.34. The van der Waals surface area contributed by atoms with Gasteiger partial charge < -0.3 is 5.32 Å². The molecule has 1 atom stereocenters. The Morgan fingerprint density at radius 2 is 1.80 bits per heavy atom. The standard InChI is InChI=1S/C14H21N/c1-13(2)10-14(3,15-4)9-11-7-5-6-8-12(11)13/h5-8,15H,9-10H2,1-4H3. The van der Waals surface area contributed by atoms with Crippen LogP contribution in [-0.4, -0.2) is 12.6 Å². The lowest BCUT2D eigenvalue weighted by Crippen LogP contribution is -2.50. The number of benzene rings is 1. The molecule has 1 nitrogen and oxygen atoms in total. The van der Waals surface area contributed by atoms with E-state index in [9.17, 15) is 0 Å². The SMILES string of the molecule is CNC1(C)Cc2ccccc2C(C)(C)C1.